The summed E-state index contributed by atoms with van der Waals surface area (Å²) in [6.07, 6.45) is 0. The van der Waals surface area contributed by atoms with E-state index in [-0.39, 0.29) is 12.0 Å². The summed E-state index contributed by atoms with van der Waals surface area (Å²) in [5.74, 6) is 0.768. The van der Waals surface area contributed by atoms with Crippen LogP contribution in [-0.4, -0.2) is 25.3 Å². The Balaban J connectivity index is 2.64. The fourth-order valence-electron chi connectivity index (χ4n) is 2.96. The van der Waals surface area contributed by atoms with E-state index in [1.165, 1.54) is 7.11 Å². The first-order valence-corrected chi connectivity index (χ1v) is 8.26. The van der Waals surface area contributed by atoms with Crippen LogP contribution in [0.2, 0.25) is 0 Å². The van der Waals surface area contributed by atoms with Crippen LogP contribution in [-0.2, 0) is 9.53 Å². The number of carbonyl (C=O) groups excluding carboxylic acids is 1. The van der Waals surface area contributed by atoms with Gasteiger partial charge in [0.15, 0.2) is 5.11 Å². The van der Waals surface area contributed by atoms with Gasteiger partial charge in [0.05, 0.1) is 25.8 Å². The van der Waals surface area contributed by atoms with E-state index in [9.17, 15) is 4.79 Å². The molecule has 0 fully saturated rings. The Kier molecular flexibility index (Phi) is 5.49. The molecule has 6 heteroatoms. The number of allylic oxidation sites excluding steroid dienone is 1. The first-order valence-electron chi connectivity index (χ1n) is 7.85. The van der Waals surface area contributed by atoms with Crippen molar-refractivity contribution in [2.24, 2.45) is 0 Å². The van der Waals surface area contributed by atoms with E-state index in [1.54, 1.807) is 7.11 Å². The van der Waals surface area contributed by atoms with Crippen molar-refractivity contribution in [1.29, 1.82) is 0 Å². The van der Waals surface area contributed by atoms with Crippen molar-refractivity contribution >= 4 is 23.3 Å². The smallest absolute Gasteiger partial charge is 0.337 e. The van der Waals surface area contributed by atoms with Gasteiger partial charge < -0.3 is 20.1 Å². The second kappa shape index (κ2) is 7.21. The van der Waals surface area contributed by atoms with Crippen LogP contribution in [0.25, 0.3) is 0 Å². The largest absolute Gasteiger partial charge is 0.496 e. The summed E-state index contributed by atoms with van der Waals surface area (Å²) in [4.78, 5) is 12.3. The number of esters is 1. The number of nitrogens with one attached hydrogen (secondary N) is 2. The van der Waals surface area contributed by atoms with Gasteiger partial charge in [0.25, 0.3) is 0 Å². The number of thiocarbonyl (C=S) groups is 1. The lowest BCUT2D eigenvalue weighted by atomic mass is 9.88. The SMILES string of the molecule is COC(=O)C1=C(C)NC(=S)N[C@H]1c1cc(C(C)C)c(OC)cc1C. The van der Waals surface area contributed by atoms with Crippen LogP contribution in [0.3, 0.4) is 0 Å². The minimum absolute atomic E-state index is 0.291. The lowest BCUT2D eigenvalue weighted by Crippen LogP contribution is -2.45. The lowest BCUT2D eigenvalue weighted by Gasteiger charge is -2.31. The molecule has 0 spiro atoms. The molecule has 1 aromatic rings. The van der Waals surface area contributed by atoms with E-state index in [2.05, 4.69) is 30.5 Å². The highest BCUT2D eigenvalue weighted by molar-refractivity contribution is 7.80. The molecule has 1 aromatic carbocycles. The van der Waals surface area contributed by atoms with E-state index in [4.69, 9.17) is 21.7 Å². The molecular weight excluding hydrogens is 324 g/mol. The van der Waals surface area contributed by atoms with Crippen molar-refractivity contribution in [2.45, 2.75) is 39.7 Å². The van der Waals surface area contributed by atoms with Crippen LogP contribution in [0.15, 0.2) is 23.4 Å². The minimum atomic E-state index is -0.374. The Labute approximate surface area is 148 Å². The monoisotopic (exact) mass is 348 g/mol. The number of aryl methyl sites for hydroxylation is 1. The molecule has 0 saturated heterocycles. The van der Waals surface area contributed by atoms with Gasteiger partial charge in [-0.05, 0) is 60.8 Å². The zero-order valence-corrected chi connectivity index (χ0v) is 15.8. The average molecular weight is 348 g/mol. The van der Waals surface area contributed by atoms with Crippen molar-refractivity contribution in [1.82, 2.24) is 10.6 Å². The van der Waals surface area contributed by atoms with Crippen LogP contribution < -0.4 is 15.4 Å². The molecule has 0 saturated carbocycles. The van der Waals surface area contributed by atoms with Gasteiger partial charge in [0.2, 0.25) is 0 Å². The number of methoxy groups -OCH3 is 2. The van der Waals surface area contributed by atoms with Crippen molar-refractivity contribution in [3.05, 3.63) is 40.1 Å². The molecule has 0 radical (unpaired) electrons. The summed E-state index contributed by atoms with van der Waals surface area (Å²) in [5, 5.41) is 6.68. The van der Waals surface area contributed by atoms with Gasteiger partial charge in [-0.25, -0.2) is 4.79 Å². The van der Waals surface area contributed by atoms with Crippen LogP contribution in [0.5, 0.6) is 5.75 Å². The molecule has 24 heavy (non-hydrogen) atoms. The van der Waals surface area contributed by atoms with Crippen molar-refractivity contribution < 1.29 is 14.3 Å². The summed E-state index contributed by atoms with van der Waals surface area (Å²) < 4.78 is 10.5. The molecule has 1 heterocycles. The van der Waals surface area contributed by atoms with Gasteiger partial charge >= 0.3 is 5.97 Å². The zero-order chi connectivity index (χ0) is 18.0. The van der Waals surface area contributed by atoms with Crippen molar-refractivity contribution in [3.8, 4) is 5.75 Å². The van der Waals surface area contributed by atoms with E-state index in [1.807, 2.05) is 19.9 Å². The summed E-state index contributed by atoms with van der Waals surface area (Å²) in [6.45, 7) is 8.05. The number of carbonyl (C=O) groups is 1. The molecule has 2 N–H and O–H groups in total. The highest BCUT2D eigenvalue weighted by atomic mass is 32.1. The Hall–Kier alpha value is -2.08. The fourth-order valence-corrected chi connectivity index (χ4v) is 3.23. The number of ether oxygens (including phenoxy) is 2. The second-order valence-corrected chi connectivity index (χ2v) is 6.58. The van der Waals surface area contributed by atoms with Crippen LogP contribution in [0, 0.1) is 6.92 Å². The maximum atomic E-state index is 12.3. The van der Waals surface area contributed by atoms with E-state index in [0.29, 0.717) is 22.3 Å². The molecule has 1 aliphatic heterocycles. The quantitative estimate of drug-likeness (QED) is 0.644. The van der Waals surface area contributed by atoms with E-state index in [0.717, 1.165) is 22.4 Å². The minimum Gasteiger partial charge on any atom is -0.496 e. The summed E-state index contributed by atoms with van der Waals surface area (Å²) in [6, 6.07) is 3.73. The third-order valence-corrected chi connectivity index (χ3v) is 4.45. The van der Waals surface area contributed by atoms with Crippen LogP contribution in [0.1, 0.15) is 49.4 Å². The molecule has 2 rings (SSSR count). The third-order valence-electron chi connectivity index (χ3n) is 4.23. The fraction of sp³-hybridized carbons (Fsp3) is 0.444. The maximum Gasteiger partial charge on any atom is 0.337 e. The highest BCUT2D eigenvalue weighted by Gasteiger charge is 2.32. The summed E-state index contributed by atoms with van der Waals surface area (Å²) in [5.41, 5.74) is 4.34. The first-order chi connectivity index (χ1) is 11.3. The molecule has 0 unspecified atom stereocenters. The Morgan fingerprint density at radius 3 is 2.46 bits per heavy atom. The molecule has 0 aliphatic carbocycles. The average Bonchev–Trinajstić information content (AvgIpc) is 2.52. The maximum absolute atomic E-state index is 12.3. The molecule has 0 amide bonds. The molecule has 1 aliphatic rings. The standard InChI is InChI=1S/C18H24N2O3S/c1-9(2)12-8-13(10(3)7-14(12)22-5)16-15(17(21)23-6)11(4)19-18(24)20-16/h7-9,16H,1-6H3,(H2,19,20,24)/t16-/m0/s1. The van der Waals surface area contributed by atoms with Crippen molar-refractivity contribution in [2.75, 3.05) is 14.2 Å². The van der Waals surface area contributed by atoms with Gasteiger partial charge in [0, 0.05) is 5.70 Å². The zero-order valence-electron chi connectivity index (χ0n) is 14.9. The molecular formula is C18H24N2O3S. The van der Waals surface area contributed by atoms with E-state index >= 15 is 0 Å². The van der Waals surface area contributed by atoms with E-state index < -0.39 is 0 Å². The number of hydrogen-bond acceptors (Lipinski definition) is 4. The van der Waals surface area contributed by atoms with Crippen LogP contribution in [0.4, 0.5) is 0 Å². The molecule has 5 nitrogen and oxygen atoms in total. The second-order valence-electron chi connectivity index (χ2n) is 6.17. The highest BCUT2D eigenvalue weighted by Crippen LogP contribution is 2.36. The predicted molar refractivity (Wildman–Crippen MR) is 98.1 cm³/mol. The number of hydrogen-bond donors (Lipinski definition) is 2. The number of rotatable bonds is 4. The van der Waals surface area contributed by atoms with Gasteiger partial charge in [-0.1, -0.05) is 13.8 Å². The van der Waals surface area contributed by atoms with Gasteiger partial charge in [0.1, 0.15) is 5.75 Å². The third kappa shape index (κ3) is 3.38. The summed E-state index contributed by atoms with van der Waals surface area (Å²) in [7, 11) is 3.05. The molecule has 0 bridgehead atoms. The topological polar surface area (TPSA) is 59.6 Å². The van der Waals surface area contributed by atoms with Gasteiger partial charge in [-0.2, -0.15) is 0 Å². The lowest BCUT2D eigenvalue weighted by molar-refractivity contribution is -0.136. The molecule has 0 aromatic heterocycles. The normalized spacial score (nSPS) is 17.5. The Bertz CT molecular complexity index is 710. The summed E-state index contributed by atoms with van der Waals surface area (Å²) >= 11 is 5.28. The number of benzene rings is 1. The Morgan fingerprint density at radius 1 is 1.25 bits per heavy atom. The van der Waals surface area contributed by atoms with Gasteiger partial charge in [-0.3, -0.25) is 0 Å². The van der Waals surface area contributed by atoms with Crippen LogP contribution >= 0.6 is 12.2 Å². The first kappa shape index (κ1) is 18.3. The molecule has 130 valence electrons. The molecule has 1 atom stereocenters. The Morgan fingerprint density at radius 2 is 1.92 bits per heavy atom. The predicted octanol–water partition coefficient (Wildman–Crippen LogP) is 3.09. The van der Waals surface area contributed by atoms with Gasteiger partial charge in [-0.15, -0.1) is 0 Å². The van der Waals surface area contributed by atoms with Crippen molar-refractivity contribution in [3.63, 3.8) is 0 Å².